The van der Waals surface area contributed by atoms with E-state index in [0.717, 1.165) is 15.2 Å². The molecule has 2 aromatic heterocycles. The highest BCUT2D eigenvalue weighted by Gasteiger charge is 2.17. The molecule has 0 saturated carbocycles. The summed E-state index contributed by atoms with van der Waals surface area (Å²) in [4.78, 5) is 0. The number of fused-ring (bicyclic) bond motifs is 9. The molecule has 0 atom stereocenters. The van der Waals surface area contributed by atoms with Crippen LogP contribution in [0.25, 0.3) is 87.7 Å². The van der Waals surface area contributed by atoms with Crippen LogP contribution in [-0.4, -0.2) is 9.13 Å². The van der Waals surface area contributed by atoms with E-state index in [-0.39, 0.29) is 0 Å². The van der Waals surface area contributed by atoms with E-state index >= 15 is 0 Å². The van der Waals surface area contributed by atoms with Gasteiger partial charge in [-0.1, -0.05) is 109 Å². The van der Waals surface area contributed by atoms with Gasteiger partial charge in [-0.15, -0.1) is 0 Å². The highest BCUT2D eigenvalue weighted by Crippen LogP contribution is 2.40. The normalized spacial score (nSPS) is 20.1. The van der Waals surface area contributed by atoms with Gasteiger partial charge < -0.3 is 9.13 Å². The molecular weight excluding hydrogens is 556 g/mol. The van der Waals surface area contributed by atoms with E-state index in [1.807, 2.05) is 0 Å². The molecule has 0 fully saturated rings. The van der Waals surface area contributed by atoms with Crippen LogP contribution in [0.1, 0.15) is 37.0 Å². The van der Waals surface area contributed by atoms with Gasteiger partial charge in [0.15, 0.2) is 0 Å². The van der Waals surface area contributed by atoms with E-state index in [4.69, 9.17) is 24.7 Å². The molecule has 0 radical (unpaired) electrons. The largest absolute Gasteiger partial charge is 0.309 e. The van der Waals surface area contributed by atoms with Crippen molar-refractivity contribution in [1.29, 1.82) is 0 Å². The molecule has 0 saturated heterocycles. The molecule has 0 amide bonds. The van der Waals surface area contributed by atoms with Crippen LogP contribution in [0.15, 0.2) is 169 Å². The average Bonchev–Trinajstić information content (AvgIpc) is 3.89. The first-order chi connectivity index (χ1) is 34.1. The predicted octanol–water partition coefficient (Wildman–Crippen LogP) is 11.9. The van der Waals surface area contributed by atoms with E-state index in [9.17, 15) is 12.3 Å². The Morgan fingerprint density at radius 1 is 0.348 bits per heavy atom. The highest BCUT2D eigenvalue weighted by atomic mass is 15.0. The van der Waals surface area contributed by atoms with Crippen molar-refractivity contribution in [1.82, 2.24) is 9.13 Å². The fourth-order valence-corrected chi connectivity index (χ4v) is 5.66. The molecule has 0 unspecified atom stereocenters. The maximum absolute atomic E-state index is 10.0. The Balaban J connectivity index is 1.49. The quantitative estimate of drug-likeness (QED) is 0.188. The molecule has 0 aliphatic rings. The number of rotatable bonds is 3. The lowest BCUT2D eigenvalue weighted by Gasteiger charge is -2.10. The third-order valence-corrected chi connectivity index (χ3v) is 7.60. The summed E-state index contributed by atoms with van der Waals surface area (Å²) in [6.07, 6.45) is 0. The summed E-state index contributed by atoms with van der Waals surface area (Å²) in [6.45, 7) is 0. The zero-order valence-electron chi connectivity index (χ0n) is 50.0. The predicted molar refractivity (Wildman–Crippen MR) is 196 cm³/mol. The van der Waals surface area contributed by atoms with Crippen LogP contribution in [0.2, 0.25) is 0 Å². The van der Waals surface area contributed by atoms with Crippen molar-refractivity contribution in [3.8, 4) is 22.5 Å². The minimum absolute atomic E-state index is 0.395. The standard InChI is InChI=1S/C44H28N2/c1-2-13-34(14-3-1)45-40-17-9-8-16-37(40)38-27-32(20-23-41(38)45)33-21-24-42-39(28-33)44-36-15-7-6-11-30(36)19-25-43(44)46(42)35-22-18-29-10-4-5-12-31(29)26-35/h1-28H/i1D,2D,3D,5D,6D,7D,8D,9D,10D,11D,12D,13D,14D,15D,16D,17D,18D,19D,20D,21D,22D,23D,24D,25D,26D,27D,28D. The van der Waals surface area contributed by atoms with E-state index in [0.29, 0.717) is 0 Å². The summed E-state index contributed by atoms with van der Waals surface area (Å²) in [5, 5.41) is -4.26. The molecular formula is C44H28N2. The molecule has 214 valence electrons. The summed E-state index contributed by atoms with van der Waals surface area (Å²) >= 11 is 0. The SMILES string of the molecule is [2H]c1cc([2H])c2c([2H])c([2H])c(-n3c4c([2H])c([2H])c(-c5c([2H])c([2H])c6c(c5[2H])c5c([2H])c([2H])c([2H])c([2H])c5n6-c5c([2H])c([2H])c([2H])c([2H])c5[2H])c([2H])c4c4c5c([2H])c([2H])c([2H])c([2H])c5c([2H])c([2H])c43)c([2H])c2c1[2H]. The van der Waals surface area contributed by atoms with Crippen molar-refractivity contribution in [3.05, 3.63) is 169 Å². The molecule has 0 aliphatic carbocycles. The van der Waals surface area contributed by atoms with Crippen LogP contribution in [-0.2, 0) is 0 Å². The fraction of sp³-hybridized carbons (Fsp3) is 0. The number of hydrogen-bond acceptors (Lipinski definition) is 0. The van der Waals surface area contributed by atoms with Gasteiger partial charge in [0.1, 0.15) is 0 Å². The van der Waals surface area contributed by atoms with Gasteiger partial charge in [-0.05, 0) is 93.1 Å². The molecule has 8 aromatic carbocycles. The Morgan fingerprint density at radius 2 is 0.978 bits per heavy atom. The van der Waals surface area contributed by atoms with Crippen LogP contribution >= 0.6 is 0 Å². The molecule has 2 heteroatoms. The second kappa shape index (κ2) is 9.69. The third-order valence-electron chi connectivity index (χ3n) is 7.60. The Hall–Kier alpha value is -6.12. The lowest BCUT2D eigenvalue weighted by atomic mass is 9.99. The first kappa shape index (κ1) is 10.5. The van der Waals surface area contributed by atoms with Crippen LogP contribution in [0.5, 0.6) is 0 Å². The van der Waals surface area contributed by atoms with Crippen molar-refractivity contribution in [2.75, 3.05) is 0 Å². The first-order valence-corrected chi connectivity index (χ1v) is 13.7. The molecule has 0 bridgehead atoms. The van der Waals surface area contributed by atoms with Crippen LogP contribution in [0.3, 0.4) is 0 Å². The lowest BCUT2D eigenvalue weighted by Crippen LogP contribution is -1.94. The summed E-state index contributed by atoms with van der Waals surface area (Å²) in [7, 11) is 0. The lowest BCUT2D eigenvalue weighted by molar-refractivity contribution is 1.18. The zero-order chi connectivity index (χ0) is 53.7. The van der Waals surface area contributed by atoms with Crippen molar-refractivity contribution in [2.24, 2.45) is 0 Å². The average molecular weight is 612 g/mol. The van der Waals surface area contributed by atoms with E-state index in [1.165, 1.54) is 0 Å². The highest BCUT2D eigenvalue weighted by molar-refractivity contribution is 6.22. The van der Waals surface area contributed by atoms with Gasteiger partial charge in [-0.3, -0.25) is 0 Å². The van der Waals surface area contributed by atoms with Gasteiger partial charge in [-0.2, -0.15) is 0 Å². The van der Waals surface area contributed by atoms with Crippen molar-refractivity contribution in [3.63, 3.8) is 0 Å². The summed E-state index contributed by atoms with van der Waals surface area (Å²) in [5.74, 6) is 0. The van der Waals surface area contributed by atoms with Gasteiger partial charge in [0.25, 0.3) is 0 Å². The van der Waals surface area contributed by atoms with E-state index in [1.54, 1.807) is 0 Å². The summed E-state index contributed by atoms with van der Waals surface area (Å²) in [6, 6.07) is -22.1. The van der Waals surface area contributed by atoms with Crippen LogP contribution in [0.4, 0.5) is 0 Å². The topological polar surface area (TPSA) is 9.86 Å². The van der Waals surface area contributed by atoms with Gasteiger partial charge in [0, 0.05) is 32.9 Å². The summed E-state index contributed by atoms with van der Waals surface area (Å²) in [5.41, 5.74) is -5.55. The third kappa shape index (κ3) is 3.65. The number of hydrogen-bond donors (Lipinski definition) is 0. The van der Waals surface area contributed by atoms with Gasteiger partial charge in [-0.25, -0.2) is 0 Å². The molecule has 46 heavy (non-hydrogen) atoms. The molecule has 10 rings (SSSR count). The molecule has 2 heterocycles. The molecule has 0 N–H and O–H groups in total. The van der Waals surface area contributed by atoms with Crippen molar-refractivity contribution < 1.29 is 37.0 Å². The molecule has 10 aromatic rings. The smallest absolute Gasteiger partial charge is 0.0651 e. The second-order valence-electron chi connectivity index (χ2n) is 10.1. The fourth-order valence-electron chi connectivity index (χ4n) is 5.66. The van der Waals surface area contributed by atoms with E-state index in [2.05, 4.69) is 0 Å². The Bertz CT molecular complexity index is 4310. The van der Waals surface area contributed by atoms with E-state index < -0.39 is 251 Å². The van der Waals surface area contributed by atoms with Gasteiger partial charge >= 0.3 is 0 Å². The minimum Gasteiger partial charge on any atom is -0.309 e. The Morgan fingerprint density at radius 3 is 1.85 bits per heavy atom. The number of nitrogens with zero attached hydrogens (tertiary/aromatic N) is 2. The zero-order valence-corrected chi connectivity index (χ0v) is 23.0. The Labute approximate surface area is 303 Å². The van der Waals surface area contributed by atoms with Crippen LogP contribution < -0.4 is 0 Å². The van der Waals surface area contributed by atoms with Gasteiger partial charge in [0.2, 0.25) is 0 Å². The molecule has 0 spiro atoms. The Kier molecular flexibility index (Phi) is 2.21. The van der Waals surface area contributed by atoms with Gasteiger partial charge in [0.05, 0.1) is 59.1 Å². The number of benzene rings is 8. The van der Waals surface area contributed by atoms with Crippen LogP contribution in [0, 0.1) is 0 Å². The second-order valence-corrected chi connectivity index (χ2v) is 10.1. The van der Waals surface area contributed by atoms with Crippen molar-refractivity contribution in [2.45, 2.75) is 0 Å². The number of para-hydroxylation sites is 2. The molecule has 0 aliphatic heterocycles. The minimum atomic E-state index is -1.03. The maximum atomic E-state index is 10.0. The maximum Gasteiger partial charge on any atom is 0.0651 e. The molecule has 2 nitrogen and oxygen atoms in total. The summed E-state index contributed by atoms with van der Waals surface area (Å²) < 4.78 is 245. The van der Waals surface area contributed by atoms with Crippen molar-refractivity contribution >= 4 is 65.2 Å². The first-order valence-electron chi connectivity index (χ1n) is 27.2. The monoisotopic (exact) mass is 611 g/mol. The number of aromatic nitrogens is 2.